The lowest BCUT2D eigenvalue weighted by Gasteiger charge is -2.27. The third kappa shape index (κ3) is 5.17. The van der Waals surface area contributed by atoms with Gasteiger partial charge in [-0.3, -0.25) is 4.79 Å². The molecule has 0 aliphatic carbocycles. The van der Waals surface area contributed by atoms with E-state index in [9.17, 15) is 17.6 Å². The predicted molar refractivity (Wildman–Crippen MR) is 113 cm³/mol. The van der Waals surface area contributed by atoms with Crippen LogP contribution in [0, 0.1) is 12.7 Å². The number of carbonyl (C=O) groups is 1. The van der Waals surface area contributed by atoms with Crippen LogP contribution in [0.25, 0.3) is 0 Å². The number of amides is 1. The van der Waals surface area contributed by atoms with Gasteiger partial charge >= 0.3 is 0 Å². The minimum Gasteiger partial charge on any atom is -0.492 e. The molecule has 0 unspecified atom stereocenters. The Morgan fingerprint density at radius 1 is 1.10 bits per heavy atom. The molecule has 1 heterocycles. The number of halogens is 1. The van der Waals surface area contributed by atoms with Crippen molar-refractivity contribution in [1.82, 2.24) is 9.21 Å². The molecule has 1 saturated heterocycles. The molecule has 0 N–H and O–H groups in total. The summed E-state index contributed by atoms with van der Waals surface area (Å²) in [6, 6.07) is 10.4. The Morgan fingerprint density at radius 3 is 2.43 bits per heavy atom. The third-order valence-corrected chi connectivity index (χ3v) is 7.26. The molecule has 6 nitrogen and oxygen atoms in total. The predicted octanol–water partition coefficient (Wildman–Crippen LogP) is 3.46. The molecule has 3 rings (SSSR count). The molecule has 1 aliphatic rings. The Morgan fingerprint density at radius 2 is 1.77 bits per heavy atom. The van der Waals surface area contributed by atoms with Gasteiger partial charge < -0.3 is 9.64 Å². The molecule has 2 aromatic carbocycles. The molecule has 0 saturated carbocycles. The Labute approximate surface area is 177 Å². The summed E-state index contributed by atoms with van der Waals surface area (Å²) in [4.78, 5) is 14.5. The molecule has 1 aliphatic heterocycles. The first-order valence-electron chi connectivity index (χ1n) is 10.0. The summed E-state index contributed by atoms with van der Waals surface area (Å²) < 4.78 is 46.1. The zero-order chi connectivity index (χ0) is 21.7. The fourth-order valence-electron chi connectivity index (χ4n) is 3.41. The maximum Gasteiger partial charge on any atom is 0.253 e. The van der Waals surface area contributed by atoms with E-state index in [1.807, 2.05) is 0 Å². The van der Waals surface area contributed by atoms with Crippen molar-refractivity contribution in [2.24, 2.45) is 0 Å². The van der Waals surface area contributed by atoms with Crippen molar-refractivity contribution in [3.8, 4) is 5.75 Å². The highest BCUT2D eigenvalue weighted by molar-refractivity contribution is 7.89. The maximum atomic E-state index is 13.1. The summed E-state index contributed by atoms with van der Waals surface area (Å²) in [6.45, 7) is 3.31. The first-order chi connectivity index (χ1) is 14.3. The van der Waals surface area contributed by atoms with Gasteiger partial charge in [-0.05, 0) is 61.7 Å². The van der Waals surface area contributed by atoms with Crippen molar-refractivity contribution in [2.75, 3.05) is 33.3 Å². The van der Waals surface area contributed by atoms with E-state index in [2.05, 4.69) is 0 Å². The number of rotatable bonds is 7. The number of likely N-dealkylation sites (N-methyl/N-ethyl adjacent to an activating group) is 1. The van der Waals surface area contributed by atoms with Crippen LogP contribution in [-0.4, -0.2) is 56.8 Å². The molecule has 8 heteroatoms. The smallest absolute Gasteiger partial charge is 0.253 e. The molecule has 0 atom stereocenters. The summed E-state index contributed by atoms with van der Waals surface area (Å²) in [7, 11) is -1.99. The molecule has 162 valence electrons. The molecular formula is C22H27FN2O4S. The van der Waals surface area contributed by atoms with E-state index in [4.69, 9.17) is 4.74 Å². The van der Waals surface area contributed by atoms with Crippen LogP contribution in [0.4, 0.5) is 4.39 Å². The van der Waals surface area contributed by atoms with Crippen molar-refractivity contribution in [1.29, 1.82) is 0 Å². The van der Waals surface area contributed by atoms with Crippen molar-refractivity contribution in [3.05, 3.63) is 59.4 Å². The average Bonchev–Trinajstić information content (AvgIpc) is 2.75. The first kappa shape index (κ1) is 22.2. The Hall–Kier alpha value is -2.45. The number of carbonyl (C=O) groups excluding carboxylic acids is 1. The standard InChI is InChI=1S/C22H27FN2O4S/c1-17-6-7-18(16-21(17)30(27,28)25-12-4-3-5-13-25)22(26)24(2)14-15-29-20-10-8-19(23)9-11-20/h6-11,16H,3-5,12-15H2,1-2H3. The van der Waals surface area contributed by atoms with Crippen molar-refractivity contribution < 1.29 is 22.3 Å². The van der Waals surface area contributed by atoms with Crippen LogP contribution < -0.4 is 4.74 Å². The number of ether oxygens (including phenoxy) is 1. The van der Waals surface area contributed by atoms with Gasteiger partial charge in [0.25, 0.3) is 5.91 Å². The molecular weight excluding hydrogens is 407 g/mol. The Kier molecular flexibility index (Phi) is 7.10. The van der Waals surface area contributed by atoms with Gasteiger partial charge in [-0.15, -0.1) is 0 Å². The highest BCUT2D eigenvalue weighted by atomic mass is 32.2. The zero-order valence-electron chi connectivity index (χ0n) is 17.3. The van der Waals surface area contributed by atoms with Crippen molar-refractivity contribution >= 4 is 15.9 Å². The fraction of sp³-hybridized carbons (Fsp3) is 0.409. The molecule has 1 fully saturated rings. The van der Waals surface area contributed by atoms with Gasteiger partial charge in [0.05, 0.1) is 11.4 Å². The van der Waals surface area contributed by atoms with Crippen LogP contribution in [0.3, 0.4) is 0 Å². The maximum absolute atomic E-state index is 13.1. The molecule has 0 radical (unpaired) electrons. The van der Waals surface area contributed by atoms with Crippen LogP contribution in [0.5, 0.6) is 5.75 Å². The van der Waals surface area contributed by atoms with Gasteiger partial charge in [0.15, 0.2) is 0 Å². The van der Waals surface area contributed by atoms with E-state index < -0.39 is 10.0 Å². The highest BCUT2D eigenvalue weighted by Crippen LogP contribution is 2.25. The van der Waals surface area contributed by atoms with Crippen LogP contribution in [0.15, 0.2) is 47.4 Å². The monoisotopic (exact) mass is 434 g/mol. The first-order valence-corrected chi connectivity index (χ1v) is 11.5. The van der Waals surface area contributed by atoms with Gasteiger partial charge in [-0.25, -0.2) is 12.8 Å². The van der Waals surface area contributed by atoms with Crippen LogP contribution in [0.2, 0.25) is 0 Å². The van der Waals surface area contributed by atoms with E-state index in [0.29, 0.717) is 36.5 Å². The lowest BCUT2D eigenvalue weighted by Crippen LogP contribution is -2.36. The number of nitrogens with zero attached hydrogens (tertiary/aromatic N) is 2. The Balaban J connectivity index is 1.68. The van der Waals surface area contributed by atoms with Crippen molar-refractivity contribution in [2.45, 2.75) is 31.1 Å². The van der Waals surface area contributed by atoms with Gasteiger partial charge in [-0.1, -0.05) is 12.5 Å². The number of hydrogen-bond donors (Lipinski definition) is 0. The molecule has 1 amide bonds. The minimum absolute atomic E-state index is 0.186. The number of benzene rings is 2. The van der Waals surface area contributed by atoms with Gasteiger partial charge in [0.1, 0.15) is 18.2 Å². The largest absolute Gasteiger partial charge is 0.492 e. The number of sulfonamides is 1. The molecule has 0 bridgehead atoms. The third-order valence-electron chi connectivity index (χ3n) is 5.22. The summed E-state index contributed by atoms with van der Waals surface area (Å²) >= 11 is 0. The number of aryl methyl sites for hydroxylation is 1. The molecule has 0 aromatic heterocycles. The van der Waals surface area contributed by atoms with Crippen LogP contribution in [0.1, 0.15) is 35.2 Å². The van der Waals surface area contributed by atoms with E-state index in [1.165, 1.54) is 39.5 Å². The molecule has 30 heavy (non-hydrogen) atoms. The van der Waals surface area contributed by atoms with Gasteiger partial charge in [0.2, 0.25) is 10.0 Å². The normalized spacial score (nSPS) is 15.0. The van der Waals surface area contributed by atoms with E-state index in [-0.39, 0.29) is 23.2 Å². The quantitative estimate of drug-likeness (QED) is 0.669. The molecule has 0 spiro atoms. The lowest BCUT2D eigenvalue weighted by atomic mass is 10.1. The fourth-order valence-corrected chi connectivity index (χ4v) is 5.18. The second-order valence-corrected chi connectivity index (χ2v) is 9.38. The summed E-state index contributed by atoms with van der Waals surface area (Å²) in [5, 5.41) is 0. The van der Waals surface area contributed by atoms with E-state index in [0.717, 1.165) is 19.3 Å². The zero-order valence-corrected chi connectivity index (χ0v) is 18.1. The SMILES string of the molecule is Cc1ccc(C(=O)N(C)CCOc2ccc(F)cc2)cc1S(=O)(=O)N1CCCCC1. The lowest BCUT2D eigenvalue weighted by molar-refractivity contribution is 0.0773. The van der Waals surface area contributed by atoms with E-state index >= 15 is 0 Å². The second-order valence-electron chi connectivity index (χ2n) is 7.47. The van der Waals surface area contributed by atoms with E-state index in [1.54, 1.807) is 26.1 Å². The topological polar surface area (TPSA) is 66.9 Å². The van der Waals surface area contributed by atoms with Crippen LogP contribution >= 0.6 is 0 Å². The molecule has 2 aromatic rings. The van der Waals surface area contributed by atoms with Crippen molar-refractivity contribution in [3.63, 3.8) is 0 Å². The van der Waals surface area contributed by atoms with Crippen LogP contribution in [-0.2, 0) is 10.0 Å². The summed E-state index contributed by atoms with van der Waals surface area (Å²) in [6.07, 6.45) is 2.75. The summed E-state index contributed by atoms with van der Waals surface area (Å²) in [5.74, 6) is -0.111. The highest BCUT2D eigenvalue weighted by Gasteiger charge is 2.28. The average molecular weight is 435 g/mol. The number of hydrogen-bond acceptors (Lipinski definition) is 4. The van der Waals surface area contributed by atoms with Gasteiger partial charge in [-0.2, -0.15) is 4.31 Å². The van der Waals surface area contributed by atoms with Gasteiger partial charge in [0, 0.05) is 25.7 Å². The number of piperidine rings is 1. The Bertz CT molecular complexity index is 987. The summed E-state index contributed by atoms with van der Waals surface area (Å²) in [5.41, 5.74) is 0.944. The second kappa shape index (κ2) is 9.57. The minimum atomic E-state index is -3.62.